The number of hydrogen-bond acceptors (Lipinski definition) is 3. The summed E-state index contributed by atoms with van der Waals surface area (Å²) in [6.07, 6.45) is 4.69. The Balaban J connectivity index is 2.10. The molecule has 1 N–H and O–H groups in total. The van der Waals surface area contributed by atoms with Gasteiger partial charge < -0.3 is 5.11 Å². The van der Waals surface area contributed by atoms with Crippen LogP contribution in [0.2, 0.25) is 0 Å². The number of hydrogen-bond donors (Lipinski definition) is 1. The van der Waals surface area contributed by atoms with Crippen LogP contribution in [0.5, 0.6) is 0 Å². The van der Waals surface area contributed by atoms with Crippen molar-refractivity contribution >= 4 is 10.2 Å². The zero-order valence-electron chi connectivity index (χ0n) is 11.1. The lowest BCUT2D eigenvalue weighted by Crippen LogP contribution is -2.51. The van der Waals surface area contributed by atoms with E-state index >= 15 is 0 Å². The van der Waals surface area contributed by atoms with Gasteiger partial charge in [0, 0.05) is 25.7 Å². The van der Waals surface area contributed by atoms with Gasteiger partial charge in [-0.05, 0) is 25.2 Å². The number of rotatable bonds is 4. The standard InChI is InChI=1S/C12H24N2O3S/c1-2-11-6-8-13(9-11)18(16,17)14-7-4-3-5-12(14)10-15/h11-12,15H,2-10H2,1H3. The summed E-state index contributed by atoms with van der Waals surface area (Å²) in [6, 6.07) is -0.218. The van der Waals surface area contributed by atoms with Crippen LogP contribution in [0.1, 0.15) is 39.0 Å². The number of aliphatic hydroxyl groups is 1. The van der Waals surface area contributed by atoms with Crippen LogP contribution in [-0.2, 0) is 10.2 Å². The van der Waals surface area contributed by atoms with E-state index in [9.17, 15) is 13.5 Å². The zero-order chi connectivity index (χ0) is 13.2. The largest absolute Gasteiger partial charge is 0.395 e. The Morgan fingerprint density at radius 2 is 2.00 bits per heavy atom. The van der Waals surface area contributed by atoms with Gasteiger partial charge in [0.2, 0.25) is 0 Å². The molecular formula is C12H24N2O3S. The van der Waals surface area contributed by atoms with Crippen LogP contribution in [0, 0.1) is 5.92 Å². The maximum atomic E-state index is 12.6. The van der Waals surface area contributed by atoms with Gasteiger partial charge in [-0.3, -0.25) is 0 Å². The third-order valence-corrected chi connectivity index (χ3v) is 6.29. The van der Waals surface area contributed by atoms with Crippen LogP contribution in [0.4, 0.5) is 0 Å². The Morgan fingerprint density at radius 1 is 1.22 bits per heavy atom. The Bertz CT molecular complexity index is 372. The Hall–Kier alpha value is -0.170. The second-order valence-electron chi connectivity index (χ2n) is 5.37. The topological polar surface area (TPSA) is 60.9 Å². The first-order valence-electron chi connectivity index (χ1n) is 6.97. The van der Waals surface area contributed by atoms with Crippen LogP contribution in [0.25, 0.3) is 0 Å². The summed E-state index contributed by atoms with van der Waals surface area (Å²) < 4.78 is 28.2. The first-order chi connectivity index (χ1) is 8.59. The maximum Gasteiger partial charge on any atom is 0.282 e. The molecule has 0 aliphatic carbocycles. The Kier molecular flexibility index (Phi) is 4.64. The molecule has 5 nitrogen and oxygen atoms in total. The summed E-state index contributed by atoms with van der Waals surface area (Å²) >= 11 is 0. The highest BCUT2D eigenvalue weighted by molar-refractivity contribution is 7.86. The molecule has 2 unspecified atom stereocenters. The van der Waals surface area contributed by atoms with Gasteiger partial charge in [0.1, 0.15) is 0 Å². The van der Waals surface area contributed by atoms with E-state index in [0.29, 0.717) is 25.6 Å². The van der Waals surface area contributed by atoms with Crippen LogP contribution >= 0.6 is 0 Å². The molecular weight excluding hydrogens is 252 g/mol. The van der Waals surface area contributed by atoms with Crippen molar-refractivity contribution in [1.82, 2.24) is 8.61 Å². The molecule has 2 aliphatic heterocycles. The number of piperidine rings is 1. The summed E-state index contributed by atoms with van der Waals surface area (Å²) in [5.41, 5.74) is 0. The van der Waals surface area contributed by atoms with Crippen molar-refractivity contribution in [3.63, 3.8) is 0 Å². The molecule has 2 atom stereocenters. The fraction of sp³-hybridized carbons (Fsp3) is 1.00. The molecule has 18 heavy (non-hydrogen) atoms. The molecule has 106 valence electrons. The summed E-state index contributed by atoms with van der Waals surface area (Å²) in [6.45, 7) is 3.88. The second kappa shape index (κ2) is 5.86. The summed E-state index contributed by atoms with van der Waals surface area (Å²) in [5.74, 6) is 0.497. The number of aliphatic hydroxyl groups excluding tert-OH is 1. The van der Waals surface area contributed by atoms with Gasteiger partial charge in [-0.15, -0.1) is 0 Å². The lowest BCUT2D eigenvalue weighted by atomic mass is 10.1. The molecule has 2 fully saturated rings. The number of nitrogens with zero attached hydrogens (tertiary/aromatic N) is 2. The van der Waals surface area contributed by atoms with Crippen molar-refractivity contribution < 1.29 is 13.5 Å². The SMILES string of the molecule is CCC1CCN(S(=O)(=O)N2CCCCC2CO)C1. The average Bonchev–Trinajstić information content (AvgIpc) is 2.88. The van der Waals surface area contributed by atoms with Crippen LogP contribution < -0.4 is 0 Å². The first-order valence-corrected chi connectivity index (χ1v) is 8.37. The van der Waals surface area contributed by atoms with Crippen LogP contribution in [-0.4, -0.2) is 54.4 Å². The predicted molar refractivity (Wildman–Crippen MR) is 70.3 cm³/mol. The van der Waals surface area contributed by atoms with Gasteiger partial charge in [-0.2, -0.15) is 17.0 Å². The minimum absolute atomic E-state index is 0.0652. The summed E-state index contributed by atoms with van der Waals surface area (Å²) in [4.78, 5) is 0. The van der Waals surface area contributed by atoms with E-state index in [1.165, 1.54) is 4.31 Å². The maximum absolute atomic E-state index is 12.6. The molecule has 0 saturated carbocycles. The highest BCUT2D eigenvalue weighted by atomic mass is 32.2. The van der Waals surface area contributed by atoms with E-state index in [0.717, 1.165) is 32.1 Å². The molecule has 2 rings (SSSR count). The molecule has 0 aromatic heterocycles. The average molecular weight is 276 g/mol. The third kappa shape index (κ3) is 2.71. The highest BCUT2D eigenvalue weighted by Crippen LogP contribution is 2.27. The zero-order valence-corrected chi connectivity index (χ0v) is 11.9. The normalized spacial score (nSPS) is 31.9. The van der Waals surface area contributed by atoms with Crippen molar-refractivity contribution in [2.45, 2.75) is 45.1 Å². The molecule has 0 aromatic rings. The summed E-state index contributed by atoms with van der Waals surface area (Å²) in [7, 11) is -3.36. The second-order valence-corrected chi connectivity index (χ2v) is 7.25. The van der Waals surface area contributed by atoms with E-state index in [4.69, 9.17) is 0 Å². The van der Waals surface area contributed by atoms with Crippen molar-refractivity contribution in [2.24, 2.45) is 5.92 Å². The van der Waals surface area contributed by atoms with Gasteiger partial charge in [0.15, 0.2) is 0 Å². The molecule has 0 spiro atoms. The van der Waals surface area contributed by atoms with E-state index in [1.54, 1.807) is 4.31 Å². The van der Waals surface area contributed by atoms with E-state index in [2.05, 4.69) is 6.92 Å². The minimum Gasteiger partial charge on any atom is -0.395 e. The van der Waals surface area contributed by atoms with E-state index < -0.39 is 10.2 Å². The highest BCUT2D eigenvalue weighted by Gasteiger charge is 2.39. The first kappa shape index (κ1) is 14.2. The lowest BCUT2D eigenvalue weighted by molar-refractivity contribution is 0.149. The molecule has 2 aliphatic rings. The van der Waals surface area contributed by atoms with Gasteiger partial charge >= 0.3 is 0 Å². The molecule has 6 heteroatoms. The van der Waals surface area contributed by atoms with Crippen molar-refractivity contribution in [1.29, 1.82) is 0 Å². The predicted octanol–water partition coefficient (Wildman–Crippen LogP) is 0.810. The van der Waals surface area contributed by atoms with Crippen molar-refractivity contribution in [3.05, 3.63) is 0 Å². The third-order valence-electron chi connectivity index (χ3n) is 4.23. The molecule has 0 radical (unpaired) electrons. The molecule has 2 heterocycles. The molecule has 0 aromatic carbocycles. The minimum atomic E-state index is -3.36. The van der Waals surface area contributed by atoms with E-state index in [-0.39, 0.29) is 12.6 Å². The van der Waals surface area contributed by atoms with Gasteiger partial charge in [0.25, 0.3) is 10.2 Å². The van der Waals surface area contributed by atoms with E-state index in [1.807, 2.05) is 0 Å². The Labute approximate surface area is 110 Å². The fourth-order valence-corrected chi connectivity index (χ4v) is 4.89. The fourth-order valence-electron chi connectivity index (χ4n) is 2.95. The van der Waals surface area contributed by atoms with Gasteiger partial charge in [-0.1, -0.05) is 19.8 Å². The molecule has 2 saturated heterocycles. The van der Waals surface area contributed by atoms with Gasteiger partial charge in [-0.25, -0.2) is 0 Å². The molecule has 0 bridgehead atoms. The van der Waals surface area contributed by atoms with Crippen molar-refractivity contribution in [2.75, 3.05) is 26.2 Å². The molecule has 0 amide bonds. The van der Waals surface area contributed by atoms with Crippen LogP contribution in [0.15, 0.2) is 0 Å². The summed E-state index contributed by atoms with van der Waals surface area (Å²) in [5, 5.41) is 9.34. The van der Waals surface area contributed by atoms with Gasteiger partial charge in [0.05, 0.1) is 6.61 Å². The lowest BCUT2D eigenvalue weighted by Gasteiger charge is -2.36. The van der Waals surface area contributed by atoms with Crippen LogP contribution in [0.3, 0.4) is 0 Å². The van der Waals surface area contributed by atoms with Crippen molar-refractivity contribution in [3.8, 4) is 0 Å². The quantitative estimate of drug-likeness (QED) is 0.826. The smallest absolute Gasteiger partial charge is 0.282 e. The Morgan fingerprint density at radius 3 is 2.61 bits per heavy atom. The monoisotopic (exact) mass is 276 g/mol.